The molecule has 3 rings (SSSR count). The van der Waals surface area contributed by atoms with Gasteiger partial charge in [-0.25, -0.2) is 4.79 Å². The zero-order valence-electron chi connectivity index (χ0n) is 19.0. The quantitative estimate of drug-likeness (QED) is 0.118. The number of carbonyl (C=O) groups excluding carboxylic acids is 3. The van der Waals surface area contributed by atoms with Crippen molar-refractivity contribution in [2.75, 3.05) is 17.2 Å². The molecule has 0 spiro atoms. The third kappa shape index (κ3) is 7.03. The van der Waals surface area contributed by atoms with Gasteiger partial charge in [0.15, 0.2) is 17.8 Å². The summed E-state index contributed by atoms with van der Waals surface area (Å²) in [6.07, 6.45) is 1.63. The molecule has 0 radical (unpaired) electrons. The van der Waals surface area contributed by atoms with Crippen molar-refractivity contribution in [3.8, 4) is 0 Å². The van der Waals surface area contributed by atoms with Crippen LogP contribution < -0.4 is 27.4 Å². The number of unbranched alkanes of at least 4 members (excludes halogenated alkanes) is 1. The van der Waals surface area contributed by atoms with Crippen molar-refractivity contribution in [2.45, 2.75) is 37.8 Å². The van der Waals surface area contributed by atoms with Crippen molar-refractivity contribution in [2.24, 2.45) is 16.5 Å². The van der Waals surface area contributed by atoms with E-state index in [1.165, 1.54) is 0 Å². The number of nitrogens with zero attached hydrogens (tertiary/aromatic N) is 1. The van der Waals surface area contributed by atoms with E-state index in [0.29, 0.717) is 48.3 Å². The molecule has 0 aliphatic carbocycles. The average molecular weight is 481 g/mol. The number of para-hydroxylation sites is 1. The second-order valence-corrected chi connectivity index (χ2v) is 8.10. The second-order valence-electron chi connectivity index (χ2n) is 8.10. The molecule has 0 saturated carbocycles. The van der Waals surface area contributed by atoms with Crippen LogP contribution in [0.1, 0.15) is 35.2 Å². The summed E-state index contributed by atoms with van der Waals surface area (Å²) < 4.78 is 0. The predicted octanol–water partition coefficient (Wildman–Crippen LogP) is 0.858. The fourth-order valence-corrected chi connectivity index (χ4v) is 3.63. The van der Waals surface area contributed by atoms with Crippen molar-refractivity contribution in [1.82, 2.24) is 5.32 Å². The number of aliphatic carboxylic acids is 1. The molecule has 0 bridgehead atoms. The first-order valence-electron chi connectivity index (χ1n) is 11.1. The zero-order valence-corrected chi connectivity index (χ0v) is 19.0. The third-order valence-corrected chi connectivity index (χ3v) is 5.42. The summed E-state index contributed by atoms with van der Waals surface area (Å²) in [6.45, 7) is 0.462. The Hall–Kier alpha value is -4.41. The van der Waals surface area contributed by atoms with Gasteiger partial charge >= 0.3 is 5.97 Å². The van der Waals surface area contributed by atoms with Crippen LogP contribution in [0.5, 0.6) is 0 Å². The van der Waals surface area contributed by atoms with Gasteiger partial charge in [0.25, 0.3) is 5.91 Å². The van der Waals surface area contributed by atoms with Gasteiger partial charge in [-0.3, -0.25) is 19.4 Å². The molecule has 0 fully saturated rings. The fraction of sp³-hybridized carbons (Fsp3) is 0.292. The Balaban J connectivity index is 1.51. The number of fused-ring (bicyclic) bond motifs is 1. The standard InChI is InChI=1S/C24H28N6O5/c25-24(26)27-12-4-3-7-19(31)28-15-10-8-14(9-11-15)13-18(23(34)35)30-22(33)20-21(32)16-5-1-2-6-17(16)29-20/h1-2,5-6,8-11,18,20,29H,3-4,7,12-13H2,(H,28,31)(H,30,33)(H,34,35)(H4,25,26,27)/t18-,20?/m0/s1. The molecule has 35 heavy (non-hydrogen) atoms. The molecular formula is C24H28N6O5. The summed E-state index contributed by atoms with van der Waals surface area (Å²) in [6, 6.07) is 11.0. The number of carbonyl (C=O) groups is 4. The van der Waals surface area contributed by atoms with Crippen LogP contribution in [0.2, 0.25) is 0 Å². The Morgan fingerprint density at radius 1 is 1.06 bits per heavy atom. The van der Waals surface area contributed by atoms with E-state index >= 15 is 0 Å². The maximum atomic E-state index is 12.6. The van der Waals surface area contributed by atoms with Crippen LogP contribution in [-0.4, -0.2) is 53.3 Å². The lowest BCUT2D eigenvalue weighted by molar-refractivity contribution is -0.141. The van der Waals surface area contributed by atoms with Gasteiger partial charge in [0, 0.05) is 36.3 Å². The minimum Gasteiger partial charge on any atom is -0.480 e. The zero-order chi connectivity index (χ0) is 25.4. The first-order chi connectivity index (χ1) is 16.7. The summed E-state index contributed by atoms with van der Waals surface area (Å²) >= 11 is 0. The number of amides is 2. The largest absolute Gasteiger partial charge is 0.480 e. The molecule has 11 nitrogen and oxygen atoms in total. The van der Waals surface area contributed by atoms with Gasteiger partial charge in [-0.15, -0.1) is 0 Å². The molecule has 1 aliphatic heterocycles. The van der Waals surface area contributed by atoms with Gasteiger partial charge in [-0.1, -0.05) is 24.3 Å². The summed E-state index contributed by atoms with van der Waals surface area (Å²) in [5.41, 5.74) is 12.6. The summed E-state index contributed by atoms with van der Waals surface area (Å²) in [5.74, 6) is -2.47. The highest BCUT2D eigenvalue weighted by Gasteiger charge is 2.36. The number of nitrogens with two attached hydrogens (primary N) is 2. The molecule has 1 unspecified atom stereocenters. The molecule has 2 atom stereocenters. The van der Waals surface area contributed by atoms with Crippen molar-refractivity contribution in [3.63, 3.8) is 0 Å². The minimum absolute atomic E-state index is 0.00789. The minimum atomic E-state index is -1.23. The van der Waals surface area contributed by atoms with Gasteiger partial charge in [-0.05, 0) is 42.7 Å². The maximum Gasteiger partial charge on any atom is 0.326 e. The maximum absolute atomic E-state index is 12.6. The van der Waals surface area contributed by atoms with E-state index in [1.807, 2.05) is 0 Å². The third-order valence-electron chi connectivity index (χ3n) is 5.42. The number of carboxylic acids is 1. The number of hydrogen-bond acceptors (Lipinski definition) is 6. The van der Waals surface area contributed by atoms with E-state index < -0.39 is 29.7 Å². The molecule has 0 aromatic heterocycles. The highest BCUT2D eigenvalue weighted by molar-refractivity contribution is 6.21. The number of benzene rings is 2. The van der Waals surface area contributed by atoms with E-state index in [0.717, 1.165) is 0 Å². The van der Waals surface area contributed by atoms with Crippen LogP contribution in [0.4, 0.5) is 11.4 Å². The molecule has 2 aromatic carbocycles. The first-order valence-corrected chi connectivity index (χ1v) is 11.1. The van der Waals surface area contributed by atoms with E-state index in [2.05, 4.69) is 20.9 Å². The predicted molar refractivity (Wildman–Crippen MR) is 131 cm³/mol. The number of nitrogens with one attached hydrogen (secondary N) is 3. The average Bonchev–Trinajstić information content (AvgIpc) is 3.16. The highest BCUT2D eigenvalue weighted by atomic mass is 16.4. The van der Waals surface area contributed by atoms with Gasteiger partial charge in [-0.2, -0.15) is 0 Å². The lowest BCUT2D eigenvalue weighted by Gasteiger charge is -2.17. The van der Waals surface area contributed by atoms with E-state index in [9.17, 15) is 24.3 Å². The molecule has 11 heteroatoms. The SMILES string of the molecule is NC(N)=NCCCCC(=O)Nc1ccc(C[C@H](NC(=O)C2Nc3ccccc3C2=O)C(=O)O)cc1. The molecule has 1 aliphatic rings. The van der Waals surface area contributed by atoms with Crippen molar-refractivity contribution >= 4 is 40.9 Å². The smallest absolute Gasteiger partial charge is 0.326 e. The summed E-state index contributed by atoms with van der Waals surface area (Å²) in [4.78, 5) is 52.8. The monoisotopic (exact) mass is 480 g/mol. The van der Waals surface area contributed by atoms with Crippen molar-refractivity contribution < 1.29 is 24.3 Å². The van der Waals surface area contributed by atoms with Gasteiger partial charge in [0.2, 0.25) is 5.91 Å². The van der Waals surface area contributed by atoms with Crippen LogP contribution in [0.25, 0.3) is 0 Å². The van der Waals surface area contributed by atoms with Crippen LogP contribution in [0.15, 0.2) is 53.5 Å². The Labute approximate surface area is 202 Å². The van der Waals surface area contributed by atoms with Gasteiger partial charge in [0.05, 0.1) is 0 Å². The van der Waals surface area contributed by atoms with Crippen molar-refractivity contribution in [1.29, 1.82) is 0 Å². The van der Waals surface area contributed by atoms with Crippen LogP contribution in [0.3, 0.4) is 0 Å². The fourth-order valence-electron chi connectivity index (χ4n) is 3.63. The summed E-state index contributed by atoms with van der Waals surface area (Å²) in [5, 5.41) is 17.6. The van der Waals surface area contributed by atoms with Gasteiger partial charge in [0.1, 0.15) is 6.04 Å². The number of aliphatic imine (C=N–C) groups is 1. The second kappa shape index (κ2) is 11.6. The number of anilines is 2. The number of hydrogen-bond donors (Lipinski definition) is 6. The molecule has 184 valence electrons. The number of ketones is 1. The Morgan fingerprint density at radius 3 is 2.43 bits per heavy atom. The van der Waals surface area contributed by atoms with Gasteiger partial charge < -0.3 is 32.5 Å². The topological polar surface area (TPSA) is 189 Å². The Morgan fingerprint density at radius 2 is 1.77 bits per heavy atom. The summed E-state index contributed by atoms with van der Waals surface area (Å²) in [7, 11) is 0. The Bertz CT molecular complexity index is 1130. The number of carboxylic acid groups (broad SMARTS) is 1. The molecule has 1 heterocycles. The molecule has 2 aromatic rings. The molecule has 2 amide bonds. The van der Waals surface area contributed by atoms with Crippen LogP contribution in [-0.2, 0) is 20.8 Å². The highest BCUT2D eigenvalue weighted by Crippen LogP contribution is 2.25. The molecule has 8 N–H and O–H groups in total. The van der Waals surface area contributed by atoms with E-state index in [4.69, 9.17) is 11.5 Å². The van der Waals surface area contributed by atoms with Crippen LogP contribution >= 0.6 is 0 Å². The molecule has 0 saturated heterocycles. The molecular weight excluding hydrogens is 452 g/mol. The Kier molecular flexibility index (Phi) is 8.38. The van der Waals surface area contributed by atoms with E-state index in [1.54, 1.807) is 48.5 Å². The number of guanidine groups is 1. The first kappa shape index (κ1) is 25.2. The van der Waals surface area contributed by atoms with Crippen molar-refractivity contribution in [3.05, 3.63) is 59.7 Å². The lowest BCUT2D eigenvalue weighted by Crippen LogP contribution is -2.49. The van der Waals surface area contributed by atoms with E-state index in [-0.39, 0.29) is 18.3 Å². The number of Topliss-reactive ketones (excluding diaryl/α,β-unsaturated/α-hetero) is 1. The normalized spacial score (nSPS) is 14.9. The number of rotatable bonds is 11. The lowest BCUT2D eigenvalue weighted by atomic mass is 10.0. The van der Waals surface area contributed by atoms with Crippen LogP contribution in [0, 0.1) is 0 Å².